The van der Waals surface area contributed by atoms with E-state index in [9.17, 15) is 9.90 Å². The van der Waals surface area contributed by atoms with Crippen molar-refractivity contribution in [3.05, 3.63) is 89.5 Å². The van der Waals surface area contributed by atoms with Crippen LogP contribution in [0.4, 0.5) is 0 Å². The zero-order valence-electron chi connectivity index (χ0n) is 14.7. The fourth-order valence-electron chi connectivity index (χ4n) is 3.35. The molecule has 0 fully saturated rings. The van der Waals surface area contributed by atoms with Crippen molar-refractivity contribution in [1.82, 2.24) is 4.57 Å². The average Bonchev–Trinajstić information content (AvgIpc) is 3.01. The van der Waals surface area contributed by atoms with Crippen molar-refractivity contribution < 1.29 is 9.90 Å². The van der Waals surface area contributed by atoms with Crippen LogP contribution in [0.15, 0.2) is 72.8 Å². The van der Waals surface area contributed by atoms with Crippen molar-refractivity contribution in [2.75, 3.05) is 0 Å². The molecule has 3 aromatic carbocycles. The molecular formula is C23H19NO2. The lowest BCUT2D eigenvalue weighted by Crippen LogP contribution is -2.01. The molecule has 3 nitrogen and oxygen atoms in total. The first-order valence-corrected chi connectivity index (χ1v) is 8.56. The number of benzene rings is 3. The number of hydrogen-bond donors (Lipinski definition) is 1. The molecule has 0 saturated carbocycles. The number of carbonyl (C=O) groups is 1. The van der Waals surface area contributed by atoms with E-state index in [2.05, 4.69) is 48.7 Å². The van der Waals surface area contributed by atoms with Crippen LogP contribution in [0, 0.1) is 13.8 Å². The summed E-state index contributed by atoms with van der Waals surface area (Å²) in [4.78, 5) is 11.4. The number of hydrogen-bond acceptors (Lipinski definition) is 1. The summed E-state index contributed by atoms with van der Waals surface area (Å²) < 4.78 is 2.14. The molecule has 0 radical (unpaired) electrons. The van der Waals surface area contributed by atoms with E-state index in [1.807, 2.05) is 24.3 Å². The van der Waals surface area contributed by atoms with Gasteiger partial charge >= 0.3 is 5.97 Å². The molecule has 0 atom stereocenters. The maximum absolute atomic E-state index is 11.4. The molecule has 0 unspecified atom stereocenters. The lowest BCUT2D eigenvalue weighted by molar-refractivity contribution is 0.0697. The van der Waals surface area contributed by atoms with E-state index in [0.717, 1.165) is 27.8 Å². The Labute approximate surface area is 152 Å². The van der Waals surface area contributed by atoms with Gasteiger partial charge in [0.2, 0.25) is 0 Å². The molecule has 1 heterocycles. The molecule has 1 N–H and O–H groups in total. The Kier molecular flexibility index (Phi) is 3.85. The maximum Gasteiger partial charge on any atom is 0.335 e. The Morgan fingerprint density at radius 2 is 1.58 bits per heavy atom. The van der Waals surface area contributed by atoms with Gasteiger partial charge in [0.1, 0.15) is 0 Å². The molecule has 3 heteroatoms. The van der Waals surface area contributed by atoms with Crippen LogP contribution >= 0.6 is 0 Å². The molecule has 0 bridgehead atoms. The van der Waals surface area contributed by atoms with E-state index in [0.29, 0.717) is 0 Å². The van der Waals surface area contributed by atoms with Gasteiger partial charge in [-0.3, -0.25) is 0 Å². The van der Waals surface area contributed by atoms with E-state index < -0.39 is 5.97 Å². The van der Waals surface area contributed by atoms with Crippen molar-refractivity contribution in [2.45, 2.75) is 13.8 Å². The van der Waals surface area contributed by atoms with Crippen molar-refractivity contribution in [2.24, 2.45) is 0 Å². The van der Waals surface area contributed by atoms with Gasteiger partial charge in [0, 0.05) is 11.1 Å². The Morgan fingerprint density at radius 3 is 2.31 bits per heavy atom. The molecule has 0 aliphatic heterocycles. The second-order valence-electron chi connectivity index (χ2n) is 6.58. The highest BCUT2D eigenvalue weighted by Crippen LogP contribution is 2.33. The standard InChI is InChI=1S/C23H19NO2/c1-15-11-19-14-22(17-7-4-3-5-8-17)24(21(19)12-16(15)2)20-10-6-9-18(13-20)23(25)26/h3-14H,1-2H3,(H,25,26). The number of aromatic nitrogens is 1. The first-order chi connectivity index (χ1) is 12.5. The smallest absolute Gasteiger partial charge is 0.335 e. The predicted molar refractivity (Wildman–Crippen MR) is 105 cm³/mol. The highest BCUT2D eigenvalue weighted by molar-refractivity contribution is 5.92. The first kappa shape index (κ1) is 16.2. The molecule has 4 rings (SSSR count). The number of rotatable bonds is 3. The Balaban J connectivity index is 2.07. The van der Waals surface area contributed by atoms with Crippen LogP contribution in [0.3, 0.4) is 0 Å². The highest BCUT2D eigenvalue weighted by atomic mass is 16.4. The van der Waals surface area contributed by atoms with Crippen LogP contribution < -0.4 is 0 Å². The molecule has 0 spiro atoms. The summed E-state index contributed by atoms with van der Waals surface area (Å²) in [5.41, 5.74) is 6.82. The second-order valence-corrected chi connectivity index (χ2v) is 6.58. The molecular weight excluding hydrogens is 322 g/mol. The molecule has 4 aromatic rings. The van der Waals surface area contributed by atoms with Crippen molar-refractivity contribution in [3.63, 3.8) is 0 Å². The average molecular weight is 341 g/mol. The van der Waals surface area contributed by atoms with Crippen LogP contribution in [-0.2, 0) is 0 Å². The summed E-state index contributed by atoms with van der Waals surface area (Å²) in [6.45, 7) is 4.21. The number of carboxylic acid groups (broad SMARTS) is 1. The lowest BCUT2D eigenvalue weighted by atomic mass is 10.1. The number of carboxylic acids is 1. The summed E-state index contributed by atoms with van der Waals surface area (Å²) >= 11 is 0. The Hall–Kier alpha value is -3.33. The zero-order chi connectivity index (χ0) is 18.3. The predicted octanol–water partition coefficient (Wildman–Crippen LogP) is 5.61. The third kappa shape index (κ3) is 2.68. The van der Waals surface area contributed by atoms with Crippen LogP contribution in [0.2, 0.25) is 0 Å². The molecule has 0 amide bonds. The van der Waals surface area contributed by atoms with Gasteiger partial charge in [0.25, 0.3) is 0 Å². The van der Waals surface area contributed by atoms with E-state index in [-0.39, 0.29) is 5.56 Å². The molecule has 0 aliphatic rings. The largest absolute Gasteiger partial charge is 0.478 e. The maximum atomic E-state index is 11.4. The molecule has 0 saturated heterocycles. The molecule has 128 valence electrons. The lowest BCUT2D eigenvalue weighted by Gasteiger charge is -2.13. The van der Waals surface area contributed by atoms with Gasteiger partial charge in [-0.1, -0.05) is 36.4 Å². The first-order valence-electron chi connectivity index (χ1n) is 8.56. The van der Waals surface area contributed by atoms with Gasteiger partial charge in [-0.15, -0.1) is 0 Å². The Bertz CT molecular complexity index is 1120. The minimum absolute atomic E-state index is 0.284. The van der Waals surface area contributed by atoms with E-state index in [1.54, 1.807) is 18.2 Å². The van der Waals surface area contributed by atoms with Gasteiger partial charge in [0.15, 0.2) is 0 Å². The van der Waals surface area contributed by atoms with Gasteiger partial charge in [-0.2, -0.15) is 0 Å². The van der Waals surface area contributed by atoms with Crippen LogP contribution in [0.5, 0.6) is 0 Å². The summed E-state index contributed by atoms with van der Waals surface area (Å²) in [5, 5.41) is 10.5. The van der Waals surface area contributed by atoms with Gasteiger partial charge in [0.05, 0.1) is 16.8 Å². The summed E-state index contributed by atoms with van der Waals surface area (Å²) in [6.07, 6.45) is 0. The molecule has 26 heavy (non-hydrogen) atoms. The second kappa shape index (κ2) is 6.19. The minimum atomic E-state index is -0.920. The third-order valence-electron chi connectivity index (χ3n) is 4.84. The third-order valence-corrected chi connectivity index (χ3v) is 4.84. The van der Waals surface area contributed by atoms with E-state index >= 15 is 0 Å². The summed E-state index contributed by atoms with van der Waals surface area (Å²) in [7, 11) is 0. The zero-order valence-corrected chi connectivity index (χ0v) is 14.7. The van der Waals surface area contributed by atoms with Crippen LogP contribution in [0.1, 0.15) is 21.5 Å². The minimum Gasteiger partial charge on any atom is -0.478 e. The fraction of sp³-hybridized carbons (Fsp3) is 0.0870. The quantitative estimate of drug-likeness (QED) is 0.526. The SMILES string of the molecule is Cc1cc2cc(-c3ccccc3)n(-c3cccc(C(=O)O)c3)c2cc1C. The van der Waals surface area contributed by atoms with Crippen molar-refractivity contribution in [3.8, 4) is 16.9 Å². The number of aryl methyl sites for hydroxylation is 2. The number of nitrogens with zero attached hydrogens (tertiary/aromatic N) is 1. The van der Waals surface area contributed by atoms with Crippen LogP contribution in [-0.4, -0.2) is 15.6 Å². The van der Waals surface area contributed by atoms with E-state index in [1.165, 1.54) is 11.1 Å². The fourth-order valence-corrected chi connectivity index (χ4v) is 3.35. The van der Waals surface area contributed by atoms with Gasteiger partial charge in [-0.25, -0.2) is 4.79 Å². The topological polar surface area (TPSA) is 42.2 Å². The van der Waals surface area contributed by atoms with Gasteiger partial charge in [-0.05, 0) is 66.9 Å². The summed E-state index contributed by atoms with van der Waals surface area (Å²) in [5.74, 6) is -0.920. The number of aromatic carboxylic acids is 1. The normalized spacial score (nSPS) is 11.0. The summed E-state index contributed by atoms with van der Waals surface area (Å²) in [6, 6.07) is 23.8. The van der Waals surface area contributed by atoms with E-state index in [4.69, 9.17) is 0 Å². The number of fused-ring (bicyclic) bond motifs is 1. The molecule has 1 aromatic heterocycles. The molecule has 0 aliphatic carbocycles. The van der Waals surface area contributed by atoms with Crippen LogP contribution in [0.25, 0.3) is 27.8 Å². The highest BCUT2D eigenvalue weighted by Gasteiger charge is 2.14. The van der Waals surface area contributed by atoms with Crippen molar-refractivity contribution >= 4 is 16.9 Å². The Morgan fingerprint density at radius 1 is 0.846 bits per heavy atom. The van der Waals surface area contributed by atoms with Gasteiger partial charge < -0.3 is 9.67 Å². The monoisotopic (exact) mass is 341 g/mol. The van der Waals surface area contributed by atoms with Crippen molar-refractivity contribution in [1.29, 1.82) is 0 Å².